The van der Waals surface area contributed by atoms with Crippen LogP contribution in [0.1, 0.15) is 6.92 Å². The van der Waals surface area contributed by atoms with Crippen LogP contribution in [0, 0.1) is 5.92 Å². The first kappa shape index (κ1) is 17.2. The van der Waals surface area contributed by atoms with Crippen LogP contribution in [-0.2, 0) is 9.84 Å². The van der Waals surface area contributed by atoms with Gasteiger partial charge in [0.15, 0.2) is 15.6 Å². The van der Waals surface area contributed by atoms with E-state index in [-0.39, 0.29) is 29.8 Å². The van der Waals surface area contributed by atoms with E-state index in [9.17, 15) is 13.2 Å². The van der Waals surface area contributed by atoms with Crippen LogP contribution < -0.4 is 10.3 Å². The van der Waals surface area contributed by atoms with Crippen molar-refractivity contribution in [2.45, 2.75) is 11.8 Å². The highest BCUT2D eigenvalue weighted by molar-refractivity contribution is 7.90. The number of sulfone groups is 1. The molecular weight excluding hydrogens is 320 g/mol. The summed E-state index contributed by atoms with van der Waals surface area (Å²) in [6.45, 7) is 1.91. The largest absolute Gasteiger partial charge is 0.487 e. The van der Waals surface area contributed by atoms with E-state index in [0.717, 1.165) is 6.26 Å². The quantitative estimate of drug-likeness (QED) is 0.808. The Bertz CT molecular complexity index is 828. The molecular formula is C15H18N2O5S. The Kier molecular flexibility index (Phi) is 5.17. The molecule has 8 heteroatoms. The second-order valence-corrected chi connectivity index (χ2v) is 7.35. The predicted octanol–water partition coefficient (Wildman–Crippen LogP) is 0.848. The first-order valence-electron chi connectivity index (χ1n) is 6.94. The average molecular weight is 338 g/mol. The van der Waals surface area contributed by atoms with Gasteiger partial charge in [-0.2, -0.15) is 5.10 Å². The van der Waals surface area contributed by atoms with E-state index < -0.39 is 15.4 Å². The second kappa shape index (κ2) is 6.93. The lowest BCUT2D eigenvalue weighted by atomic mass is 10.1. The van der Waals surface area contributed by atoms with Crippen LogP contribution in [0.3, 0.4) is 0 Å². The summed E-state index contributed by atoms with van der Waals surface area (Å²) >= 11 is 0. The van der Waals surface area contributed by atoms with E-state index in [1.54, 1.807) is 19.1 Å². The molecule has 1 unspecified atom stereocenters. The number of ether oxygens (including phenoxy) is 1. The maximum absolute atomic E-state index is 11.9. The maximum Gasteiger partial charge on any atom is 0.307 e. The Morgan fingerprint density at radius 1 is 1.30 bits per heavy atom. The van der Waals surface area contributed by atoms with E-state index in [2.05, 4.69) is 10.2 Å². The third-order valence-electron chi connectivity index (χ3n) is 3.23. The number of aromatic nitrogens is 2. The number of aliphatic hydroxyl groups is 1. The maximum atomic E-state index is 11.9. The summed E-state index contributed by atoms with van der Waals surface area (Å²) in [5, 5.41) is 15.1. The summed E-state index contributed by atoms with van der Waals surface area (Å²) in [6.07, 6.45) is 2.57. The number of nitrogens with zero attached hydrogens (tertiary/aromatic N) is 1. The van der Waals surface area contributed by atoms with Crippen molar-refractivity contribution in [2.24, 2.45) is 5.92 Å². The molecule has 0 aliphatic heterocycles. The Morgan fingerprint density at radius 3 is 2.52 bits per heavy atom. The molecule has 23 heavy (non-hydrogen) atoms. The van der Waals surface area contributed by atoms with Gasteiger partial charge < -0.3 is 9.84 Å². The molecule has 0 amide bonds. The number of H-pyrrole nitrogens is 1. The fraction of sp³-hybridized carbons (Fsp3) is 0.333. The number of aromatic amines is 1. The van der Waals surface area contributed by atoms with E-state index in [1.165, 1.54) is 18.3 Å². The van der Waals surface area contributed by atoms with E-state index >= 15 is 0 Å². The zero-order valence-corrected chi connectivity index (χ0v) is 13.6. The summed E-state index contributed by atoms with van der Waals surface area (Å²) < 4.78 is 28.5. The van der Waals surface area contributed by atoms with Gasteiger partial charge in [0.2, 0.25) is 0 Å². The molecule has 1 aromatic heterocycles. The third-order valence-corrected chi connectivity index (χ3v) is 4.36. The molecule has 0 saturated carbocycles. The molecule has 2 aromatic rings. The van der Waals surface area contributed by atoms with Crippen LogP contribution in [0.2, 0.25) is 0 Å². The highest BCUT2D eigenvalue weighted by Gasteiger charge is 2.14. The van der Waals surface area contributed by atoms with E-state index in [4.69, 9.17) is 9.84 Å². The number of nitrogens with one attached hydrogen (secondary N) is 1. The van der Waals surface area contributed by atoms with Crippen LogP contribution in [0.25, 0.3) is 11.1 Å². The molecule has 0 spiro atoms. The minimum absolute atomic E-state index is 0.0542. The van der Waals surface area contributed by atoms with Gasteiger partial charge in [0.05, 0.1) is 17.7 Å². The van der Waals surface area contributed by atoms with Gasteiger partial charge in [-0.25, -0.2) is 13.5 Å². The molecule has 0 aliphatic carbocycles. The van der Waals surface area contributed by atoms with Crippen LogP contribution in [0.5, 0.6) is 5.75 Å². The molecule has 0 radical (unpaired) electrons. The smallest absolute Gasteiger partial charge is 0.307 e. The van der Waals surface area contributed by atoms with Gasteiger partial charge in [0.25, 0.3) is 0 Å². The average Bonchev–Trinajstić information content (AvgIpc) is 2.52. The van der Waals surface area contributed by atoms with Gasteiger partial charge in [-0.15, -0.1) is 0 Å². The summed E-state index contributed by atoms with van der Waals surface area (Å²) in [5.74, 6) is -0.0320. The SMILES string of the molecule is CC(CO)COc1c(-c2ccc(S(C)(=O)=O)cc2)cn[nH]c1=O. The number of rotatable bonds is 6. The number of benzene rings is 1. The Morgan fingerprint density at radius 2 is 1.96 bits per heavy atom. The molecule has 1 heterocycles. The van der Waals surface area contributed by atoms with Crippen molar-refractivity contribution in [2.75, 3.05) is 19.5 Å². The lowest BCUT2D eigenvalue weighted by Gasteiger charge is -2.13. The minimum atomic E-state index is -3.29. The monoisotopic (exact) mass is 338 g/mol. The lowest BCUT2D eigenvalue weighted by molar-refractivity contribution is 0.173. The summed E-state index contributed by atoms with van der Waals surface area (Å²) in [6, 6.07) is 6.11. The zero-order chi connectivity index (χ0) is 17.0. The molecule has 7 nitrogen and oxygen atoms in total. The van der Waals surface area contributed by atoms with Crippen molar-refractivity contribution in [3.8, 4) is 16.9 Å². The molecule has 1 aromatic carbocycles. The molecule has 124 valence electrons. The lowest BCUT2D eigenvalue weighted by Crippen LogP contribution is -2.19. The van der Waals surface area contributed by atoms with Crippen molar-refractivity contribution >= 4 is 9.84 Å². The van der Waals surface area contributed by atoms with Gasteiger partial charge in [-0.3, -0.25) is 4.79 Å². The van der Waals surface area contributed by atoms with Crippen molar-refractivity contribution in [1.82, 2.24) is 10.2 Å². The van der Waals surface area contributed by atoms with Gasteiger partial charge in [0, 0.05) is 24.3 Å². The molecule has 1 atom stereocenters. The van der Waals surface area contributed by atoms with Gasteiger partial charge in [0.1, 0.15) is 0 Å². The molecule has 2 N–H and O–H groups in total. The summed E-state index contributed by atoms with van der Waals surface area (Å²) in [7, 11) is -3.29. The third kappa shape index (κ3) is 4.17. The Hall–Kier alpha value is -2.19. The Balaban J connectivity index is 2.39. The number of aliphatic hydroxyl groups excluding tert-OH is 1. The fourth-order valence-electron chi connectivity index (χ4n) is 1.90. The summed E-state index contributed by atoms with van der Waals surface area (Å²) in [5.41, 5.74) is 0.585. The van der Waals surface area contributed by atoms with Crippen LogP contribution in [-0.4, -0.2) is 43.2 Å². The molecule has 0 aliphatic rings. The fourth-order valence-corrected chi connectivity index (χ4v) is 2.53. The standard InChI is InChI=1S/C15H18N2O5S/c1-10(8-18)9-22-14-13(7-16-17-15(14)19)11-3-5-12(6-4-11)23(2,20)21/h3-7,10,18H,8-9H2,1-2H3,(H,17,19). The van der Waals surface area contributed by atoms with Crippen molar-refractivity contribution < 1.29 is 18.3 Å². The van der Waals surface area contributed by atoms with Gasteiger partial charge in [-0.1, -0.05) is 19.1 Å². The first-order valence-corrected chi connectivity index (χ1v) is 8.84. The topological polar surface area (TPSA) is 109 Å². The minimum Gasteiger partial charge on any atom is -0.487 e. The highest BCUT2D eigenvalue weighted by Crippen LogP contribution is 2.27. The Labute approximate surface area is 133 Å². The van der Waals surface area contributed by atoms with Crippen LogP contribution >= 0.6 is 0 Å². The van der Waals surface area contributed by atoms with E-state index in [0.29, 0.717) is 11.1 Å². The van der Waals surface area contributed by atoms with Crippen molar-refractivity contribution in [3.05, 3.63) is 40.8 Å². The van der Waals surface area contributed by atoms with Crippen LogP contribution in [0.4, 0.5) is 0 Å². The van der Waals surface area contributed by atoms with E-state index in [1.807, 2.05) is 0 Å². The van der Waals surface area contributed by atoms with Gasteiger partial charge >= 0.3 is 5.56 Å². The zero-order valence-electron chi connectivity index (χ0n) is 12.8. The molecule has 2 rings (SSSR count). The van der Waals surface area contributed by atoms with Crippen LogP contribution in [0.15, 0.2) is 40.2 Å². The first-order chi connectivity index (χ1) is 10.8. The van der Waals surface area contributed by atoms with Gasteiger partial charge in [-0.05, 0) is 17.7 Å². The molecule has 0 saturated heterocycles. The van der Waals surface area contributed by atoms with Crippen molar-refractivity contribution in [3.63, 3.8) is 0 Å². The van der Waals surface area contributed by atoms with Crippen molar-refractivity contribution in [1.29, 1.82) is 0 Å². The predicted molar refractivity (Wildman–Crippen MR) is 85.1 cm³/mol. The number of hydrogen-bond donors (Lipinski definition) is 2. The summed E-state index contributed by atoms with van der Waals surface area (Å²) in [4.78, 5) is 12.1. The normalized spacial score (nSPS) is 12.8. The molecule has 0 bridgehead atoms. The molecule has 0 fully saturated rings. The second-order valence-electron chi connectivity index (χ2n) is 5.34. The highest BCUT2D eigenvalue weighted by atomic mass is 32.2. The number of hydrogen-bond acceptors (Lipinski definition) is 6.